The second-order valence-electron chi connectivity index (χ2n) is 2.66. The molecule has 0 heterocycles. The van der Waals surface area contributed by atoms with Gasteiger partial charge in [0.25, 0.3) is 0 Å². The molecule has 1 heteroatoms. The van der Waals surface area contributed by atoms with Crippen molar-refractivity contribution >= 4 is 0 Å². The molecular weight excluding hydrogens is 110 g/mol. The van der Waals surface area contributed by atoms with Gasteiger partial charge >= 0.3 is 0 Å². The van der Waals surface area contributed by atoms with Gasteiger partial charge in [-0.1, -0.05) is 12.2 Å². The summed E-state index contributed by atoms with van der Waals surface area (Å²) >= 11 is 0. The molecule has 1 nitrogen and oxygen atoms in total. The summed E-state index contributed by atoms with van der Waals surface area (Å²) in [7, 11) is 2.01. The molecule has 0 saturated heterocycles. The van der Waals surface area contributed by atoms with Crippen molar-refractivity contribution in [1.82, 2.24) is 5.32 Å². The van der Waals surface area contributed by atoms with Gasteiger partial charge in [0, 0.05) is 0 Å². The van der Waals surface area contributed by atoms with Crippen LogP contribution in [-0.2, 0) is 0 Å². The molecule has 1 aliphatic rings. The van der Waals surface area contributed by atoms with Gasteiger partial charge in [-0.25, -0.2) is 0 Å². The second-order valence-corrected chi connectivity index (χ2v) is 2.66. The van der Waals surface area contributed by atoms with Gasteiger partial charge in [0.1, 0.15) is 0 Å². The molecule has 0 fully saturated rings. The summed E-state index contributed by atoms with van der Waals surface area (Å²) in [4.78, 5) is 0. The molecule has 0 saturated carbocycles. The predicted octanol–water partition coefficient (Wildman–Crippen LogP) is 1.56. The first-order valence-corrected chi connectivity index (χ1v) is 3.74. The van der Waals surface area contributed by atoms with Crippen LogP contribution in [-0.4, -0.2) is 13.6 Å². The molecule has 9 heavy (non-hydrogen) atoms. The maximum Gasteiger partial charge on any atom is -0.00463 e. The van der Waals surface area contributed by atoms with Crippen LogP contribution < -0.4 is 5.32 Å². The summed E-state index contributed by atoms with van der Waals surface area (Å²) < 4.78 is 0. The molecule has 0 aromatic rings. The molecule has 52 valence electrons. The highest BCUT2D eigenvalue weighted by molar-refractivity contribution is 4.95. The van der Waals surface area contributed by atoms with Crippen LogP contribution in [0.25, 0.3) is 0 Å². The maximum absolute atomic E-state index is 3.16. The summed E-state index contributed by atoms with van der Waals surface area (Å²) in [6.07, 6.45) is 8.63. The molecular formula is C8H15N. The number of hydrogen-bond donors (Lipinski definition) is 1. The fraction of sp³-hybridized carbons (Fsp3) is 0.750. The van der Waals surface area contributed by atoms with Crippen molar-refractivity contribution < 1.29 is 0 Å². The van der Waals surface area contributed by atoms with Crippen LogP contribution in [0.5, 0.6) is 0 Å². The van der Waals surface area contributed by atoms with Crippen LogP contribution in [0, 0.1) is 5.92 Å². The third-order valence-electron chi connectivity index (χ3n) is 1.88. The van der Waals surface area contributed by atoms with Crippen molar-refractivity contribution in [3.63, 3.8) is 0 Å². The van der Waals surface area contributed by atoms with Gasteiger partial charge in [-0.15, -0.1) is 0 Å². The Morgan fingerprint density at radius 1 is 1.67 bits per heavy atom. The molecule has 1 aliphatic carbocycles. The lowest BCUT2D eigenvalue weighted by Crippen LogP contribution is -2.10. The van der Waals surface area contributed by atoms with E-state index >= 15 is 0 Å². The van der Waals surface area contributed by atoms with Gasteiger partial charge < -0.3 is 5.32 Å². The first-order chi connectivity index (χ1) is 4.43. The Kier molecular flexibility index (Phi) is 2.78. The SMILES string of the molecule is CNCCC1C=CCC1. The van der Waals surface area contributed by atoms with Crippen molar-refractivity contribution in [2.75, 3.05) is 13.6 Å². The van der Waals surface area contributed by atoms with Gasteiger partial charge in [0.15, 0.2) is 0 Å². The van der Waals surface area contributed by atoms with Crippen LogP contribution in [0.15, 0.2) is 12.2 Å². The van der Waals surface area contributed by atoms with E-state index in [4.69, 9.17) is 0 Å². The first-order valence-electron chi connectivity index (χ1n) is 3.74. The third-order valence-corrected chi connectivity index (χ3v) is 1.88. The molecule has 1 rings (SSSR count). The van der Waals surface area contributed by atoms with Crippen molar-refractivity contribution in [2.45, 2.75) is 19.3 Å². The van der Waals surface area contributed by atoms with Crippen LogP contribution in [0.2, 0.25) is 0 Å². The lowest BCUT2D eigenvalue weighted by atomic mass is 10.1. The Morgan fingerprint density at radius 2 is 2.56 bits per heavy atom. The predicted molar refractivity (Wildman–Crippen MR) is 40.4 cm³/mol. The minimum Gasteiger partial charge on any atom is -0.320 e. The Hall–Kier alpha value is -0.300. The Balaban J connectivity index is 2.05. The lowest BCUT2D eigenvalue weighted by molar-refractivity contribution is 0.557. The summed E-state index contributed by atoms with van der Waals surface area (Å²) in [5.41, 5.74) is 0. The van der Waals surface area contributed by atoms with E-state index in [1.54, 1.807) is 0 Å². The monoisotopic (exact) mass is 125 g/mol. The van der Waals surface area contributed by atoms with E-state index < -0.39 is 0 Å². The molecule has 0 aromatic heterocycles. The fourth-order valence-corrected chi connectivity index (χ4v) is 1.27. The molecule has 0 aromatic carbocycles. The van der Waals surface area contributed by atoms with Crippen LogP contribution in [0.4, 0.5) is 0 Å². The highest BCUT2D eigenvalue weighted by atomic mass is 14.8. The fourth-order valence-electron chi connectivity index (χ4n) is 1.27. The largest absolute Gasteiger partial charge is 0.320 e. The summed E-state index contributed by atoms with van der Waals surface area (Å²) in [6.45, 7) is 1.16. The van der Waals surface area contributed by atoms with Crippen LogP contribution in [0.3, 0.4) is 0 Å². The number of nitrogens with one attached hydrogen (secondary N) is 1. The van der Waals surface area contributed by atoms with E-state index in [1.165, 1.54) is 19.3 Å². The molecule has 0 spiro atoms. The quantitative estimate of drug-likeness (QED) is 0.564. The van der Waals surface area contributed by atoms with E-state index in [1.807, 2.05) is 7.05 Å². The second kappa shape index (κ2) is 3.67. The van der Waals surface area contributed by atoms with E-state index in [2.05, 4.69) is 17.5 Å². The average molecular weight is 125 g/mol. The van der Waals surface area contributed by atoms with Gasteiger partial charge in [-0.05, 0) is 38.8 Å². The zero-order valence-electron chi connectivity index (χ0n) is 6.06. The van der Waals surface area contributed by atoms with Crippen LogP contribution >= 0.6 is 0 Å². The van der Waals surface area contributed by atoms with Crippen molar-refractivity contribution in [3.05, 3.63) is 12.2 Å². The van der Waals surface area contributed by atoms with E-state index in [0.29, 0.717) is 0 Å². The summed E-state index contributed by atoms with van der Waals surface area (Å²) in [5, 5.41) is 3.16. The van der Waals surface area contributed by atoms with E-state index in [9.17, 15) is 0 Å². The maximum atomic E-state index is 3.16. The topological polar surface area (TPSA) is 12.0 Å². The standard InChI is InChI=1S/C8H15N/c1-9-7-6-8-4-2-3-5-8/h2,4,8-9H,3,5-7H2,1H3. The van der Waals surface area contributed by atoms with Gasteiger partial charge in [-0.2, -0.15) is 0 Å². The Morgan fingerprint density at radius 3 is 3.11 bits per heavy atom. The number of allylic oxidation sites excluding steroid dienone is 2. The lowest BCUT2D eigenvalue weighted by Gasteiger charge is -2.04. The zero-order chi connectivity index (χ0) is 6.53. The Bertz CT molecular complexity index is 96.7. The smallest absolute Gasteiger partial charge is 0.00463 e. The Labute approximate surface area is 57.1 Å². The van der Waals surface area contributed by atoms with Crippen LogP contribution in [0.1, 0.15) is 19.3 Å². The number of hydrogen-bond acceptors (Lipinski definition) is 1. The molecule has 1 unspecified atom stereocenters. The van der Waals surface area contributed by atoms with Gasteiger partial charge in [0.2, 0.25) is 0 Å². The van der Waals surface area contributed by atoms with Crippen molar-refractivity contribution in [1.29, 1.82) is 0 Å². The van der Waals surface area contributed by atoms with Crippen molar-refractivity contribution in [3.8, 4) is 0 Å². The molecule has 1 N–H and O–H groups in total. The average Bonchev–Trinajstić information content (AvgIpc) is 2.34. The number of rotatable bonds is 3. The molecule has 0 bridgehead atoms. The minimum atomic E-state index is 0.873. The van der Waals surface area contributed by atoms with E-state index in [-0.39, 0.29) is 0 Å². The molecule has 0 radical (unpaired) electrons. The van der Waals surface area contributed by atoms with E-state index in [0.717, 1.165) is 12.5 Å². The molecule has 1 atom stereocenters. The highest BCUT2D eigenvalue weighted by Crippen LogP contribution is 2.19. The van der Waals surface area contributed by atoms with Gasteiger partial charge in [0.05, 0.1) is 0 Å². The zero-order valence-corrected chi connectivity index (χ0v) is 6.06. The van der Waals surface area contributed by atoms with Gasteiger partial charge in [-0.3, -0.25) is 0 Å². The summed E-state index contributed by atoms with van der Waals surface area (Å²) in [5.74, 6) is 0.873. The normalized spacial score (nSPS) is 25.2. The summed E-state index contributed by atoms with van der Waals surface area (Å²) in [6, 6.07) is 0. The first kappa shape index (κ1) is 6.81. The highest BCUT2D eigenvalue weighted by Gasteiger charge is 2.06. The third kappa shape index (κ3) is 2.19. The molecule has 0 aliphatic heterocycles. The molecule has 0 amide bonds. The minimum absolute atomic E-state index is 0.873. The van der Waals surface area contributed by atoms with Crippen molar-refractivity contribution in [2.24, 2.45) is 5.92 Å².